The van der Waals surface area contributed by atoms with Crippen molar-refractivity contribution in [2.75, 3.05) is 28.2 Å². The fraction of sp³-hybridized carbons (Fsp3) is 0.417. The maximum Gasteiger partial charge on any atom is 1.00 e. The molecule has 1 rings (SSSR count). The molecule has 0 bridgehead atoms. The minimum absolute atomic E-state index is 0. The largest absolute Gasteiger partial charge is 1.00 e. The van der Waals surface area contributed by atoms with Gasteiger partial charge in [-0.05, 0) is 34.6 Å². The third-order valence-electron chi connectivity index (χ3n) is 1.85. The Morgan fingerprint density at radius 1 is 1.13 bits per heavy atom. The van der Waals surface area contributed by atoms with Crippen LogP contribution in [-0.2, 0) is 0 Å². The maximum absolute atomic E-state index is 2.22. The predicted octanol–water partition coefficient (Wildman–Crippen LogP) is -0.954. The smallest absolute Gasteiger partial charge is 0.421 e. The standard InChI is InChI=1S/C12H19N2.Li/c1-13(2)9-11-6-5-7-12(8-11)10-14(3)4;/h5-6,8-10H,7H2,1-4H3;/q-1;+1. The Bertz CT molecular complexity index is 275. The van der Waals surface area contributed by atoms with Gasteiger partial charge in [-0.3, -0.25) is 0 Å². The zero-order valence-corrected chi connectivity index (χ0v) is 10.5. The van der Waals surface area contributed by atoms with Crippen LogP contribution in [0.2, 0.25) is 0 Å². The molecule has 0 fully saturated rings. The Hall–Kier alpha value is -0.713. The molecule has 0 heterocycles. The Balaban J connectivity index is 0.00000196. The molecule has 0 atom stereocenters. The Morgan fingerprint density at radius 3 is 2.27 bits per heavy atom. The first-order valence-corrected chi connectivity index (χ1v) is 4.84. The van der Waals surface area contributed by atoms with Crippen LogP contribution in [0, 0.1) is 6.42 Å². The quantitative estimate of drug-likeness (QED) is 0.417. The van der Waals surface area contributed by atoms with E-state index in [1.165, 1.54) is 11.1 Å². The van der Waals surface area contributed by atoms with Gasteiger partial charge in [-0.1, -0.05) is 12.4 Å². The molecule has 0 unspecified atom stereocenters. The van der Waals surface area contributed by atoms with E-state index in [-0.39, 0.29) is 18.9 Å². The molecule has 0 aromatic rings. The number of rotatable bonds is 2. The molecule has 0 aromatic heterocycles. The van der Waals surface area contributed by atoms with Crippen LogP contribution in [0.25, 0.3) is 0 Å². The van der Waals surface area contributed by atoms with Crippen molar-refractivity contribution in [2.24, 2.45) is 0 Å². The van der Waals surface area contributed by atoms with Gasteiger partial charge in [0.05, 0.1) is 0 Å². The van der Waals surface area contributed by atoms with Gasteiger partial charge >= 0.3 is 18.9 Å². The van der Waals surface area contributed by atoms with E-state index < -0.39 is 0 Å². The topological polar surface area (TPSA) is 6.48 Å². The summed E-state index contributed by atoms with van der Waals surface area (Å²) in [7, 11) is 8.18. The maximum atomic E-state index is 2.22. The second-order valence-electron chi connectivity index (χ2n) is 4.01. The molecule has 0 saturated heterocycles. The summed E-state index contributed by atoms with van der Waals surface area (Å²) in [5.41, 5.74) is 2.61. The Morgan fingerprint density at radius 2 is 1.73 bits per heavy atom. The summed E-state index contributed by atoms with van der Waals surface area (Å²) in [6.07, 6.45) is 11.9. The Labute approximate surface area is 105 Å². The van der Waals surface area contributed by atoms with Gasteiger partial charge in [-0.25, -0.2) is 0 Å². The van der Waals surface area contributed by atoms with Crippen molar-refractivity contribution >= 4 is 0 Å². The van der Waals surface area contributed by atoms with Gasteiger partial charge in [0.1, 0.15) is 0 Å². The first-order chi connectivity index (χ1) is 6.58. The summed E-state index contributed by atoms with van der Waals surface area (Å²) in [5.74, 6) is 0. The van der Waals surface area contributed by atoms with Crippen molar-refractivity contribution in [3.8, 4) is 0 Å². The number of hydrogen-bond acceptors (Lipinski definition) is 2. The van der Waals surface area contributed by atoms with E-state index in [4.69, 9.17) is 0 Å². The summed E-state index contributed by atoms with van der Waals surface area (Å²) in [5, 5.41) is 0. The summed E-state index contributed by atoms with van der Waals surface area (Å²) in [6, 6.07) is 0. The first kappa shape index (κ1) is 14.3. The Kier molecular flexibility index (Phi) is 6.39. The van der Waals surface area contributed by atoms with E-state index in [1.54, 1.807) is 0 Å². The molecule has 0 aromatic carbocycles. The molecule has 0 N–H and O–H groups in total. The molecule has 3 heteroatoms. The number of nitrogens with zero attached hydrogens (tertiary/aromatic N) is 2. The summed E-state index contributed by atoms with van der Waals surface area (Å²) < 4.78 is 0. The molecule has 0 spiro atoms. The summed E-state index contributed by atoms with van der Waals surface area (Å²) >= 11 is 0. The first-order valence-electron chi connectivity index (χ1n) is 4.84. The van der Waals surface area contributed by atoms with Crippen molar-refractivity contribution in [1.82, 2.24) is 9.80 Å². The zero-order chi connectivity index (χ0) is 10.6. The summed E-state index contributed by atoms with van der Waals surface area (Å²) in [6.45, 7) is 0. The number of allylic oxidation sites excluding steroid dienone is 4. The van der Waals surface area contributed by atoms with Gasteiger partial charge in [0.2, 0.25) is 0 Å². The monoisotopic (exact) mass is 198 g/mol. The van der Waals surface area contributed by atoms with E-state index >= 15 is 0 Å². The van der Waals surface area contributed by atoms with Crippen LogP contribution in [-0.4, -0.2) is 38.0 Å². The van der Waals surface area contributed by atoms with Crippen molar-refractivity contribution < 1.29 is 18.9 Å². The van der Waals surface area contributed by atoms with Crippen molar-refractivity contribution in [2.45, 2.75) is 6.42 Å². The summed E-state index contributed by atoms with van der Waals surface area (Å²) in [4.78, 5) is 4.15. The molecule has 0 saturated carbocycles. The predicted molar refractivity (Wildman–Crippen MR) is 61.6 cm³/mol. The van der Waals surface area contributed by atoms with E-state index in [9.17, 15) is 0 Å². The molecular formula is C12H19LiN2. The van der Waals surface area contributed by atoms with Crippen molar-refractivity contribution in [3.05, 3.63) is 42.1 Å². The fourth-order valence-corrected chi connectivity index (χ4v) is 1.45. The SMILES string of the molecule is CN(C)C=C1C=CCC(=CN(C)C)[CH-]1.[Li+]. The van der Waals surface area contributed by atoms with Gasteiger partial charge in [-0.15, -0.1) is 29.7 Å². The van der Waals surface area contributed by atoms with E-state index in [0.29, 0.717) is 0 Å². The third-order valence-corrected chi connectivity index (χ3v) is 1.85. The van der Waals surface area contributed by atoms with Gasteiger partial charge in [-0.2, -0.15) is 0 Å². The van der Waals surface area contributed by atoms with Crippen LogP contribution in [0.15, 0.2) is 35.7 Å². The molecular weight excluding hydrogens is 179 g/mol. The van der Waals surface area contributed by atoms with E-state index in [2.05, 4.69) is 54.9 Å². The molecule has 0 amide bonds. The zero-order valence-electron chi connectivity index (χ0n) is 10.5. The third kappa shape index (κ3) is 5.66. The molecule has 78 valence electrons. The van der Waals surface area contributed by atoms with Gasteiger partial charge < -0.3 is 9.80 Å². The minimum atomic E-state index is 0. The van der Waals surface area contributed by atoms with Gasteiger partial charge in [0.25, 0.3) is 0 Å². The van der Waals surface area contributed by atoms with Crippen LogP contribution >= 0.6 is 0 Å². The van der Waals surface area contributed by atoms with Crippen LogP contribution in [0.1, 0.15) is 6.42 Å². The average Bonchev–Trinajstić information content (AvgIpc) is 2.01. The fourth-order valence-electron chi connectivity index (χ4n) is 1.45. The van der Waals surface area contributed by atoms with Gasteiger partial charge in [0, 0.05) is 0 Å². The van der Waals surface area contributed by atoms with Crippen LogP contribution in [0.5, 0.6) is 0 Å². The molecule has 0 radical (unpaired) electrons. The van der Waals surface area contributed by atoms with Crippen molar-refractivity contribution in [3.63, 3.8) is 0 Å². The molecule has 1 aliphatic rings. The normalized spacial score (nSPS) is 19.7. The van der Waals surface area contributed by atoms with Crippen LogP contribution < -0.4 is 18.9 Å². The average molecular weight is 198 g/mol. The van der Waals surface area contributed by atoms with Crippen molar-refractivity contribution in [1.29, 1.82) is 0 Å². The molecule has 15 heavy (non-hydrogen) atoms. The van der Waals surface area contributed by atoms with Crippen LogP contribution in [0.3, 0.4) is 0 Å². The van der Waals surface area contributed by atoms with Crippen LogP contribution in [0.4, 0.5) is 0 Å². The molecule has 1 aliphatic carbocycles. The van der Waals surface area contributed by atoms with E-state index in [1.807, 2.05) is 14.1 Å². The second kappa shape index (κ2) is 6.71. The minimum Gasteiger partial charge on any atom is -0.421 e. The number of hydrogen-bond donors (Lipinski definition) is 0. The van der Waals surface area contributed by atoms with Gasteiger partial charge in [0.15, 0.2) is 0 Å². The molecule has 0 aliphatic heterocycles. The second-order valence-corrected chi connectivity index (χ2v) is 4.01. The molecule has 2 nitrogen and oxygen atoms in total. The van der Waals surface area contributed by atoms with E-state index in [0.717, 1.165) is 6.42 Å².